The smallest absolute Gasteiger partial charge is 0.329 e. The largest absolute Gasteiger partial charge is 0.451 e. The van der Waals surface area contributed by atoms with Gasteiger partial charge < -0.3 is 10.1 Å². The number of likely N-dealkylation sites (tertiary alicyclic amines) is 1. The minimum atomic E-state index is -1.09. The van der Waals surface area contributed by atoms with E-state index in [0.717, 1.165) is 24.2 Å². The quantitative estimate of drug-likeness (QED) is 0.537. The summed E-state index contributed by atoms with van der Waals surface area (Å²) in [6.45, 7) is 6.92. The Balaban J connectivity index is 1.61. The average molecular weight is 418 g/mol. The van der Waals surface area contributed by atoms with Gasteiger partial charge in [0.2, 0.25) is 11.8 Å². The highest BCUT2D eigenvalue weighted by molar-refractivity contribution is 6.08. The third-order valence-corrected chi connectivity index (χ3v) is 6.20. The van der Waals surface area contributed by atoms with Gasteiger partial charge in [-0.15, -0.1) is 0 Å². The van der Waals surface area contributed by atoms with Gasteiger partial charge in [-0.05, 0) is 40.0 Å². The van der Waals surface area contributed by atoms with Crippen molar-refractivity contribution in [2.45, 2.75) is 78.0 Å². The van der Waals surface area contributed by atoms with E-state index >= 15 is 0 Å². The Morgan fingerprint density at radius 2 is 1.77 bits per heavy atom. The molecule has 1 saturated carbocycles. The van der Waals surface area contributed by atoms with Gasteiger partial charge in [-0.2, -0.15) is 5.10 Å². The number of fused-ring (bicyclic) bond motifs is 1. The number of anilines is 1. The van der Waals surface area contributed by atoms with Crippen LogP contribution in [-0.2, 0) is 23.9 Å². The summed E-state index contributed by atoms with van der Waals surface area (Å²) in [5.41, 5.74) is 0. The van der Waals surface area contributed by atoms with Crippen LogP contribution in [0, 0.1) is 11.8 Å². The molecule has 0 unspecified atom stereocenters. The third-order valence-electron chi connectivity index (χ3n) is 6.20. The SMILES string of the molecule is CC[C@H](C)n1nccc1NC(=O)[C@H](C)OC(=O)[C@@H](C)N1C(=O)[C@H]2CCCC[C@H]2C1=O. The molecule has 1 N–H and O–H groups in total. The second kappa shape index (κ2) is 8.97. The summed E-state index contributed by atoms with van der Waals surface area (Å²) < 4.78 is 6.98. The van der Waals surface area contributed by atoms with E-state index in [1.165, 1.54) is 13.8 Å². The van der Waals surface area contributed by atoms with Crippen molar-refractivity contribution in [3.63, 3.8) is 0 Å². The number of nitrogens with one attached hydrogen (secondary N) is 1. The number of imide groups is 1. The second-order valence-corrected chi connectivity index (χ2v) is 8.21. The predicted octanol–water partition coefficient (Wildman–Crippen LogP) is 2.29. The Bertz CT molecular complexity index is 811. The zero-order valence-electron chi connectivity index (χ0n) is 18.0. The molecule has 0 radical (unpaired) electrons. The van der Waals surface area contributed by atoms with Crippen LogP contribution in [-0.4, -0.2) is 50.5 Å². The maximum absolute atomic E-state index is 12.7. The molecule has 0 aromatic carbocycles. The number of carbonyl (C=O) groups is 4. The Kier molecular flexibility index (Phi) is 6.58. The Hall–Kier alpha value is -2.71. The van der Waals surface area contributed by atoms with Crippen LogP contribution < -0.4 is 5.32 Å². The summed E-state index contributed by atoms with van der Waals surface area (Å²) in [4.78, 5) is 51.5. The summed E-state index contributed by atoms with van der Waals surface area (Å²) in [6, 6.07) is 0.713. The monoisotopic (exact) mass is 418 g/mol. The molecule has 2 heterocycles. The fraction of sp³-hybridized carbons (Fsp3) is 0.667. The van der Waals surface area contributed by atoms with Gasteiger partial charge in [0, 0.05) is 6.07 Å². The van der Waals surface area contributed by atoms with Gasteiger partial charge in [-0.3, -0.25) is 19.3 Å². The predicted molar refractivity (Wildman–Crippen MR) is 108 cm³/mol. The molecule has 5 atom stereocenters. The molecule has 3 rings (SSSR count). The van der Waals surface area contributed by atoms with Gasteiger partial charge >= 0.3 is 5.97 Å². The third kappa shape index (κ3) is 4.11. The van der Waals surface area contributed by atoms with Crippen LogP contribution >= 0.6 is 0 Å². The van der Waals surface area contributed by atoms with Crippen LogP contribution in [0.15, 0.2) is 12.3 Å². The van der Waals surface area contributed by atoms with Crippen LogP contribution in [0.3, 0.4) is 0 Å². The Morgan fingerprint density at radius 3 is 2.33 bits per heavy atom. The highest BCUT2D eigenvalue weighted by atomic mass is 16.5. The molecule has 1 aliphatic carbocycles. The standard InChI is InChI=1S/C21H30N4O5/c1-5-12(2)25-17(10-11-22-25)23-18(26)14(4)30-21(29)13(3)24-19(27)15-8-6-7-9-16(15)20(24)28/h10-16H,5-9H2,1-4H3,(H,23,26)/t12-,13+,14-,15-,16+/m0/s1. The maximum atomic E-state index is 12.7. The number of nitrogens with zero attached hydrogens (tertiary/aromatic N) is 3. The van der Waals surface area contributed by atoms with Crippen molar-refractivity contribution in [2.24, 2.45) is 11.8 Å². The maximum Gasteiger partial charge on any atom is 0.329 e. The van der Waals surface area contributed by atoms with E-state index in [9.17, 15) is 19.2 Å². The summed E-state index contributed by atoms with van der Waals surface area (Å²) in [5.74, 6) is -2.03. The number of aromatic nitrogens is 2. The van der Waals surface area contributed by atoms with Crippen LogP contribution in [0.1, 0.15) is 65.8 Å². The zero-order chi connectivity index (χ0) is 22.0. The first-order valence-electron chi connectivity index (χ1n) is 10.7. The first kappa shape index (κ1) is 22.0. The first-order chi connectivity index (χ1) is 14.3. The van der Waals surface area contributed by atoms with E-state index in [2.05, 4.69) is 10.4 Å². The Morgan fingerprint density at radius 1 is 1.17 bits per heavy atom. The normalized spacial score (nSPS) is 24.2. The molecule has 1 saturated heterocycles. The number of hydrogen-bond acceptors (Lipinski definition) is 6. The van der Waals surface area contributed by atoms with Crippen molar-refractivity contribution < 1.29 is 23.9 Å². The topological polar surface area (TPSA) is 111 Å². The van der Waals surface area contributed by atoms with Crippen molar-refractivity contribution in [1.29, 1.82) is 0 Å². The number of esters is 1. The van der Waals surface area contributed by atoms with E-state index in [0.29, 0.717) is 18.7 Å². The molecule has 164 valence electrons. The molecule has 30 heavy (non-hydrogen) atoms. The first-order valence-corrected chi connectivity index (χ1v) is 10.7. The van der Waals surface area contributed by atoms with E-state index in [1.54, 1.807) is 16.9 Å². The van der Waals surface area contributed by atoms with Crippen LogP contribution in [0.5, 0.6) is 0 Å². The highest BCUT2D eigenvalue weighted by Gasteiger charge is 2.51. The lowest BCUT2D eigenvalue weighted by Gasteiger charge is -2.23. The van der Waals surface area contributed by atoms with Crippen LogP contribution in [0.25, 0.3) is 0 Å². The number of rotatable bonds is 7. The molecule has 1 aromatic rings. The molecule has 2 aliphatic rings. The molecule has 1 aliphatic heterocycles. The van der Waals surface area contributed by atoms with Crippen molar-refractivity contribution in [3.8, 4) is 0 Å². The lowest BCUT2D eigenvalue weighted by molar-refractivity contribution is -0.163. The summed E-state index contributed by atoms with van der Waals surface area (Å²) >= 11 is 0. The number of ether oxygens (including phenoxy) is 1. The summed E-state index contributed by atoms with van der Waals surface area (Å²) in [6.07, 6.45) is 4.52. The fourth-order valence-electron chi connectivity index (χ4n) is 4.17. The second-order valence-electron chi connectivity index (χ2n) is 8.21. The lowest BCUT2D eigenvalue weighted by Crippen LogP contribution is -2.46. The average Bonchev–Trinajstić information content (AvgIpc) is 3.29. The molecular weight excluding hydrogens is 388 g/mol. The Labute approximate surface area is 176 Å². The molecule has 2 fully saturated rings. The summed E-state index contributed by atoms with van der Waals surface area (Å²) in [5, 5.41) is 6.92. The van der Waals surface area contributed by atoms with Gasteiger partial charge in [0.1, 0.15) is 11.9 Å². The van der Waals surface area contributed by atoms with Gasteiger partial charge in [-0.25, -0.2) is 9.48 Å². The molecule has 1 aromatic heterocycles. The van der Waals surface area contributed by atoms with E-state index in [1.807, 2.05) is 13.8 Å². The van der Waals surface area contributed by atoms with Crippen molar-refractivity contribution in [1.82, 2.24) is 14.7 Å². The van der Waals surface area contributed by atoms with Gasteiger partial charge in [0.05, 0.1) is 24.1 Å². The molecule has 9 nitrogen and oxygen atoms in total. The summed E-state index contributed by atoms with van der Waals surface area (Å²) in [7, 11) is 0. The number of carbonyl (C=O) groups excluding carboxylic acids is 4. The molecule has 0 bridgehead atoms. The number of hydrogen-bond donors (Lipinski definition) is 1. The lowest BCUT2D eigenvalue weighted by atomic mass is 9.81. The van der Waals surface area contributed by atoms with E-state index in [4.69, 9.17) is 4.74 Å². The van der Waals surface area contributed by atoms with Crippen molar-refractivity contribution >= 4 is 29.5 Å². The van der Waals surface area contributed by atoms with Crippen LogP contribution in [0.4, 0.5) is 5.82 Å². The van der Waals surface area contributed by atoms with Gasteiger partial charge in [0.15, 0.2) is 6.10 Å². The van der Waals surface area contributed by atoms with Crippen molar-refractivity contribution in [3.05, 3.63) is 12.3 Å². The van der Waals surface area contributed by atoms with E-state index < -0.39 is 24.0 Å². The zero-order valence-corrected chi connectivity index (χ0v) is 18.0. The molecular formula is C21H30N4O5. The highest BCUT2D eigenvalue weighted by Crippen LogP contribution is 2.39. The number of amides is 3. The fourth-order valence-corrected chi connectivity index (χ4v) is 4.17. The van der Waals surface area contributed by atoms with Gasteiger partial charge in [0.25, 0.3) is 5.91 Å². The minimum Gasteiger partial charge on any atom is -0.451 e. The molecule has 3 amide bonds. The van der Waals surface area contributed by atoms with Gasteiger partial charge in [-0.1, -0.05) is 19.8 Å². The van der Waals surface area contributed by atoms with E-state index in [-0.39, 0.29) is 29.7 Å². The van der Waals surface area contributed by atoms with Crippen LogP contribution in [0.2, 0.25) is 0 Å². The molecule has 0 spiro atoms. The molecule has 9 heteroatoms. The van der Waals surface area contributed by atoms with Crippen molar-refractivity contribution in [2.75, 3.05) is 5.32 Å². The minimum absolute atomic E-state index is 0.101.